The molecule has 2 N–H and O–H groups in total. The Labute approximate surface area is 108 Å². The van der Waals surface area contributed by atoms with Gasteiger partial charge in [-0.05, 0) is 38.5 Å². The zero-order valence-corrected chi connectivity index (χ0v) is 11.1. The summed E-state index contributed by atoms with van der Waals surface area (Å²) in [5.74, 6) is 0.483. The number of aliphatic hydroxyl groups excluding tert-OH is 1. The van der Waals surface area contributed by atoms with Crippen LogP contribution >= 0.6 is 0 Å². The summed E-state index contributed by atoms with van der Waals surface area (Å²) in [5.41, 5.74) is 0. The average molecular weight is 256 g/mol. The Balaban J connectivity index is 1.85. The summed E-state index contributed by atoms with van der Waals surface area (Å²) in [6.07, 6.45) is 4.01. The second-order valence-corrected chi connectivity index (χ2v) is 5.36. The van der Waals surface area contributed by atoms with Crippen molar-refractivity contribution in [2.75, 3.05) is 26.3 Å². The zero-order valence-electron chi connectivity index (χ0n) is 11.1. The predicted molar refractivity (Wildman–Crippen MR) is 68.4 cm³/mol. The van der Waals surface area contributed by atoms with Gasteiger partial charge in [0.15, 0.2) is 0 Å². The molecule has 18 heavy (non-hydrogen) atoms. The maximum Gasteiger partial charge on any atom is 0.407 e. The van der Waals surface area contributed by atoms with Gasteiger partial charge in [-0.1, -0.05) is 0 Å². The van der Waals surface area contributed by atoms with E-state index in [1.807, 2.05) is 6.92 Å². The van der Waals surface area contributed by atoms with Crippen molar-refractivity contribution >= 4 is 6.09 Å². The summed E-state index contributed by atoms with van der Waals surface area (Å²) >= 11 is 0. The normalized spacial score (nSPS) is 29.0. The standard InChI is InChI=1S/C13H24N2O3/c1-2-18-13(17)14-11-7-10(5-6-16)8-15(9-11)12-3-4-12/h10-12,16H,2-9H2,1H3,(H,14,17). The van der Waals surface area contributed by atoms with Gasteiger partial charge in [-0.25, -0.2) is 4.79 Å². The number of carbonyl (C=O) groups excluding carboxylic acids is 1. The van der Waals surface area contributed by atoms with E-state index in [0.29, 0.717) is 18.6 Å². The van der Waals surface area contributed by atoms with Crippen molar-refractivity contribution in [2.24, 2.45) is 5.92 Å². The molecule has 0 bridgehead atoms. The lowest BCUT2D eigenvalue weighted by Crippen LogP contribution is -2.51. The van der Waals surface area contributed by atoms with Gasteiger partial charge in [0.1, 0.15) is 0 Å². The molecule has 5 heteroatoms. The molecule has 0 aromatic rings. The number of hydrogen-bond donors (Lipinski definition) is 2. The Hall–Kier alpha value is -0.810. The number of carbonyl (C=O) groups is 1. The molecular formula is C13H24N2O3. The minimum atomic E-state index is -0.317. The first-order valence-corrected chi connectivity index (χ1v) is 7.01. The first kappa shape index (κ1) is 13.6. The maximum absolute atomic E-state index is 11.5. The molecule has 1 saturated heterocycles. The highest BCUT2D eigenvalue weighted by molar-refractivity contribution is 5.67. The van der Waals surface area contributed by atoms with Crippen LogP contribution in [0.2, 0.25) is 0 Å². The number of aliphatic hydroxyl groups is 1. The van der Waals surface area contributed by atoms with Crippen LogP contribution in [0.3, 0.4) is 0 Å². The number of ether oxygens (including phenoxy) is 1. The fourth-order valence-corrected chi connectivity index (χ4v) is 2.81. The summed E-state index contributed by atoms with van der Waals surface area (Å²) in [6, 6.07) is 0.868. The molecule has 0 spiro atoms. The summed E-state index contributed by atoms with van der Waals surface area (Å²) in [7, 11) is 0. The SMILES string of the molecule is CCOC(=O)NC1CC(CCO)CN(C2CC2)C1. The quantitative estimate of drug-likeness (QED) is 0.769. The molecule has 104 valence electrons. The summed E-state index contributed by atoms with van der Waals surface area (Å²) in [6.45, 7) is 4.43. The molecule has 2 aliphatic rings. The third-order valence-electron chi connectivity index (χ3n) is 3.76. The second-order valence-electron chi connectivity index (χ2n) is 5.36. The Morgan fingerprint density at radius 2 is 2.22 bits per heavy atom. The van der Waals surface area contributed by atoms with Gasteiger partial charge < -0.3 is 15.2 Å². The van der Waals surface area contributed by atoms with Gasteiger partial charge in [-0.2, -0.15) is 0 Å². The molecule has 0 aromatic heterocycles. The van der Waals surface area contributed by atoms with Crippen LogP contribution < -0.4 is 5.32 Å². The molecule has 1 saturated carbocycles. The van der Waals surface area contributed by atoms with E-state index in [2.05, 4.69) is 10.2 Å². The average Bonchev–Trinajstić information content (AvgIpc) is 3.13. The van der Waals surface area contributed by atoms with Crippen molar-refractivity contribution in [2.45, 2.75) is 44.7 Å². The van der Waals surface area contributed by atoms with Crippen LogP contribution in [0.25, 0.3) is 0 Å². The van der Waals surface area contributed by atoms with Gasteiger partial charge in [0, 0.05) is 31.8 Å². The van der Waals surface area contributed by atoms with Crippen LogP contribution in [0.4, 0.5) is 4.79 Å². The Morgan fingerprint density at radius 1 is 1.44 bits per heavy atom. The monoisotopic (exact) mass is 256 g/mol. The van der Waals surface area contributed by atoms with E-state index < -0.39 is 0 Å². The Morgan fingerprint density at radius 3 is 2.83 bits per heavy atom. The third kappa shape index (κ3) is 3.85. The Bertz CT molecular complexity index is 281. The fourth-order valence-electron chi connectivity index (χ4n) is 2.81. The van der Waals surface area contributed by atoms with E-state index in [0.717, 1.165) is 25.9 Å². The number of hydrogen-bond acceptors (Lipinski definition) is 4. The van der Waals surface area contributed by atoms with Crippen molar-refractivity contribution in [3.05, 3.63) is 0 Å². The van der Waals surface area contributed by atoms with Crippen LogP contribution in [0, 0.1) is 5.92 Å². The first-order chi connectivity index (χ1) is 8.72. The minimum absolute atomic E-state index is 0.162. The van der Waals surface area contributed by atoms with Crippen LogP contribution in [0.15, 0.2) is 0 Å². The summed E-state index contributed by atoms with van der Waals surface area (Å²) in [5, 5.41) is 12.0. The van der Waals surface area contributed by atoms with E-state index in [1.54, 1.807) is 0 Å². The molecule has 5 nitrogen and oxygen atoms in total. The van der Waals surface area contributed by atoms with Crippen LogP contribution in [0.1, 0.15) is 32.6 Å². The summed E-state index contributed by atoms with van der Waals surface area (Å²) in [4.78, 5) is 13.9. The van der Waals surface area contributed by atoms with Gasteiger partial charge in [0.05, 0.1) is 6.61 Å². The number of rotatable bonds is 5. The van der Waals surface area contributed by atoms with Crippen molar-refractivity contribution < 1.29 is 14.6 Å². The van der Waals surface area contributed by atoms with E-state index in [4.69, 9.17) is 9.84 Å². The highest BCUT2D eigenvalue weighted by atomic mass is 16.5. The van der Waals surface area contributed by atoms with Gasteiger partial charge in [0.2, 0.25) is 0 Å². The Kier molecular flexibility index (Phi) is 4.83. The molecule has 1 amide bonds. The van der Waals surface area contributed by atoms with Gasteiger partial charge in [-0.15, -0.1) is 0 Å². The first-order valence-electron chi connectivity index (χ1n) is 7.01. The van der Waals surface area contributed by atoms with Crippen LogP contribution in [-0.2, 0) is 4.74 Å². The molecule has 1 aliphatic carbocycles. The molecule has 2 rings (SSSR count). The van der Waals surface area contributed by atoms with E-state index >= 15 is 0 Å². The highest BCUT2D eigenvalue weighted by Gasteiger charge is 2.36. The molecule has 2 unspecified atom stereocenters. The predicted octanol–water partition coefficient (Wildman–Crippen LogP) is 0.968. The number of piperidine rings is 1. The molecule has 0 aromatic carbocycles. The molecule has 0 radical (unpaired) electrons. The molecule has 1 aliphatic heterocycles. The maximum atomic E-state index is 11.5. The number of likely N-dealkylation sites (tertiary alicyclic amines) is 1. The number of amides is 1. The van der Waals surface area contributed by atoms with Crippen molar-refractivity contribution in [3.8, 4) is 0 Å². The van der Waals surface area contributed by atoms with Crippen molar-refractivity contribution in [1.29, 1.82) is 0 Å². The number of nitrogens with zero attached hydrogens (tertiary/aromatic N) is 1. The molecule has 2 atom stereocenters. The third-order valence-corrected chi connectivity index (χ3v) is 3.76. The fraction of sp³-hybridized carbons (Fsp3) is 0.923. The minimum Gasteiger partial charge on any atom is -0.450 e. The summed E-state index contributed by atoms with van der Waals surface area (Å²) < 4.78 is 4.93. The van der Waals surface area contributed by atoms with Crippen molar-refractivity contribution in [1.82, 2.24) is 10.2 Å². The lowest BCUT2D eigenvalue weighted by Gasteiger charge is -2.38. The molecule has 2 fully saturated rings. The number of alkyl carbamates (subject to hydrolysis) is 1. The molecular weight excluding hydrogens is 232 g/mol. The van der Waals surface area contributed by atoms with E-state index in [-0.39, 0.29) is 18.7 Å². The number of nitrogens with one attached hydrogen (secondary N) is 1. The second kappa shape index (κ2) is 6.38. The van der Waals surface area contributed by atoms with Crippen LogP contribution in [-0.4, -0.2) is 54.5 Å². The molecule has 1 heterocycles. The lowest BCUT2D eigenvalue weighted by molar-refractivity contribution is 0.102. The smallest absolute Gasteiger partial charge is 0.407 e. The van der Waals surface area contributed by atoms with Gasteiger partial charge >= 0.3 is 6.09 Å². The largest absolute Gasteiger partial charge is 0.450 e. The van der Waals surface area contributed by atoms with Gasteiger partial charge in [-0.3, -0.25) is 4.90 Å². The van der Waals surface area contributed by atoms with Crippen molar-refractivity contribution in [3.63, 3.8) is 0 Å². The lowest BCUT2D eigenvalue weighted by atomic mass is 9.91. The van der Waals surface area contributed by atoms with E-state index in [1.165, 1.54) is 12.8 Å². The zero-order chi connectivity index (χ0) is 13.0. The highest BCUT2D eigenvalue weighted by Crippen LogP contribution is 2.31. The topological polar surface area (TPSA) is 61.8 Å². The van der Waals surface area contributed by atoms with E-state index in [9.17, 15) is 4.79 Å². The van der Waals surface area contributed by atoms with Gasteiger partial charge in [0.25, 0.3) is 0 Å². The van der Waals surface area contributed by atoms with Crippen LogP contribution in [0.5, 0.6) is 0 Å².